The number of hydrogen-bond donors (Lipinski definition) is 1. The van der Waals surface area contributed by atoms with Crippen molar-refractivity contribution in [1.82, 2.24) is 15.1 Å². The van der Waals surface area contributed by atoms with E-state index in [1.165, 1.54) is 5.56 Å². The molecule has 122 valence electrons. The van der Waals surface area contributed by atoms with E-state index < -0.39 is 0 Å². The largest absolute Gasteiger partial charge is 0.354 e. The van der Waals surface area contributed by atoms with E-state index in [4.69, 9.17) is 0 Å². The summed E-state index contributed by atoms with van der Waals surface area (Å²) in [6, 6.07) is 2.40. The second-order valence-electron chi connectivity index (χ2n) is 6.32. The van der Waals surface area contributed by atoms with Crippen LogP contribution in [0.2, 0.25) is 0 Å². The van der Waals surface area contributed by atoms with Crippen LogP contribution < -0.4 is 5.32 Å². The van der Waals surface area contributed by atoms with Crippen LogP contribution in [0.15, 0.2) is 16.8 Å². The Morgan fingerprint density at radius 2 is 2.23 bits per heavy atom. The van der Waals surface area contributed by atoms with Crippen molar-refractivity contribution in [3.8, 4) is 0 Å². The molecule has 1 aliphatic rings. The standard InChI is InChI=1S/C16H25N3O2S/c1-11(2)19-9-13(7-15(19)20)16(21)17-8-14(18(3)4)12-5-6-22-10-12/h5-6,10-11,13-14H,7-9H2,1-4H3,(H,17,21)/t13-,14+/m1/s1. The molecule has 2 amide bonds. The molecular formula is C16H25N3O2S. The average Bonchev–Trinajstić information content (AvgIpc) is 3.07. The van der Waals surface area contributed by atoms with Gasteiger partial charge in [-0.25, -0.2) is 0 Å². The second kappa shape index (κ2) is 7.24. The minimum absolute atomic E-state index is 0.0152. The summed E-state index contributed by atoms with van der Waals surface area (Å²) >= 11 is 1.66. The maximum Gasteiger partial charge on any atom is 0.225 e. The fourth-order valence-electron chi connectivity index (χ4n) is 2.81. The molecule has 1 aromatic heterocycles. The van der Waals surface area contributed by atoms with Gasteiger partial charge in [0.05, 0.1) is 12.0 Å². The Morgan fingerprint density at radius 1 is 1.50 bits per heavy atom. The van der Waals surface area contributed by atoms with E-state index in [9.17, 15) is 9.59 Å². The minimum Gasteiger partial charge on any atom is -0.354 e. The van der Waals surface area contributed by atoms with Crippen molar-refractivity contribution in [1.29, 1.82) is 0 Å². The Balaban J connectivity index is 1.91. The number of nitrogens with one attached hydrogen (secondary N) is 1. The highest BCUT2D eigenvalue weighted by molar-refractivity contribution is 7.07. The monoisotopic (exact) mass is 323 g/mol. The molecule has 1 saturated heterocycles. The van der Waals surface area contributed by atoms with E-state index in [0.717, 1.165) is 0 Å². The average molecular weight is 323 g/mol. The summed E-state index contributed by atoms with van der Waals surface area (Å²) in [7, 11) is 4.02. The zero-order valence-corrected chi connectivity index (χ0v) is 14.5. The lowest BCUT2D eigenvalue weighted by atomic mass is 10.1. The zero-order valence-electron chi connectivity index (χ0n) is 13.7. The fraction of sp³-hybridized carbons (Fsp3) is 0.625. The van der Waals surface area contributed by atoms with Gasteiger partial charge in [0.2, 0.25) is 11.8 Å². The third-order valence-electron chi connectivity index (χ3n) is 4.17. The number of carbonyl (C=O) groups excluding carboxylic acids is 2. The van der Waals surface area contributed by atoms with Crippen molar-refractivity contribution in [3.63, 3.8) is 0 Å². The molecule has 0 radical (unpaired) electrons. The van der Waals surface area contributed by atoms with Crippen LogP contribution in [0.25, 0.3) is 0 Å². The van der Waals surface area contributed by atoms with Gasteiger partial charge in [0.25, 0.3) is 0 Å². The second-order valence-corrected chi connectivity index (χ2v) is 7.10. The van der Waals surface area contributed by atoms with Gasteiger partial charge in [-0.3, -0.25) is 9.59 Å². The highest BCUT2D eigenvalue weighted by Gasteiger charge is 2.35. The first kappa shape index (κ1) is 17.0. The molecule has 2 heterocycles. The predicted molar refractivity (Wildman–Crippen MR) is 88.7 cm³/mol. The molecule has 0 saturated carbocycles. The molecule has 2 atom stereocenters. The van der Waals surface area contributed by atoms with Gasteiger partial charge in [0.1, 0.15) is 0 Å². The Bertz CT molecular complexity index is 513. The normalized spacial score (nSPS) is 20.0. The topological polar surface area (TPSA) is 52.7 Å². The highest BCUT2D eigenvalue weighted by atomic mass is 32.1. The van der Waals surface area contributed by atoms with Gasteiger partial charge < -0.3 is 15.1 Å². The SMILES string of the molecule is CC(C)N1C[C@H](C(=O)NC[C@@H](c2ccsc2)N(C)C)CC1=O. The van der Waals surface area contributed by atoms with Crippen LogP contribution in [0.4, 0.5) is 0 Å². The quantitative estimate of drug-likeness (QED) is 0.867. The van der Waals surface area contributed by atoms with Crippen molar-refractivity contribution in [2.24, 2.45) is 5.92 Å². The molecule has 1 aliphatic heterocycles. The third-order valence-corrected chi connectivity index (χ3v) is 4.87. The first-order valence-corrected chi connectivity index (χ1v) is 8.60. The third kappa shape index (κ3) is 3.87. The van der Waals surface area contributed by atoms with E-state index in [1.54, 1.807) is 16.2 Å². The summed E-state index contributed by atoms with van der Waals surface area (Å²) in [4.78, 5) is 28.1. The number of carbonyl (C=O) groups is 2. The number of rotatable bonds is 6. The summed E-state index contributed by atoms with van der Waals surface area (Å²) in [6.45, 7) is 5.07. The number of thiophene rings is 1. The van der Waals surface area contributed by atoms with Gasteiger partial charge in [0.15, 0.2) is 0 Å². The molecule has 22 heavy (non-hydrogen) atoms. The van der Waals surface area contributed by atoms with E-state index in [0.29, 0.717) is 19.5 Å². The molecule has 1 fully saturated rings. The predicted octanol–water partition coefficient (Wildman–Crippen LogP) is 1.72. The van der Waals surface area contributed by atoms with Crippen LogP contribution in [0.1, 0.15) is 31.9 Å². The first-order valence-electron chi connectivity index (χ1n) is 7.65. The lowest BCUT2D eigenvalue weighted by Crippen LogP contribution is -2.39. The summed E-state index contributed by atoms with van der Waals surface area (Å²) in [5.74, 6) is -0.157. The van der Waals surface area contributed by atoms with Crippen LogP contribution in [0.5, 0.6) is 0 Å². The van der Waals surface area contributed by atoms with Crippen molar-refractivity contribution in [2.45, 2.75) is 32.4 Å². The fourth-order valence-corrected chi connectivity index (χ4v) is 3.52. The Labute approximate surface area is 136 Å². The number of likely N-dealkylation sites (tertiary alicyclic amines) is 1. The van der Waals surface area contributed by atoms with Gasteiger partial charge in [-0.05, 0) is 50.3 Å². The molecular weight excluding hydrogens is 298 g/mol. The smallest absolute Gasteiger partial charge is 0.225 e. The highest BCUT2D eigenvalue weighted by Crippen LogP contribution is 2.22. The van der Waals surface area contributed by atoms with E-state index in [2.05, 4.69) is 21.7 Å². The Kier molecular flexibility index (Phi) is 5.58. The molecule has 6 heteroatoms. The van der Waals surface area contributed by atoms with Gasteiger partial charge in [-0.1, -0.05) is 0 Å². The zero-order chi connectivity index (χ0) is 16.3. The Morgan fingerprint density at radius 3 is 2.73 bits per heavy atom. The molecule has 0 spiro atoms. The molecule has 1 N–H and O–H groups in total. The molecule has 2 rings (SSSR count). The van der Waals surface area contributed by atoms with Crippen molar-refractivity contribution in [3.05, 3.63) is 22.4 Å². The number of amides is 2. The van der Waals surface area contributed by atoms with Gasteiger partial charge in [0, 0.05) is 25.6 Å². The molecule has 0 aliphatic carbocycles. The lowest BCUT2D eigenvalue weighted by Gasteiger charge is -2.25. The van der Waals surface area contributed by atoms with E-state index >= 15 is 0 Å². The van der Waals surface area contributed by atoms with Crippen molar-refractivity contribution < 1.29 is 9.59 Å². The van der Waals surface area contributed by atoms with Gasteiger partial charge in [-0.2, -0.15) is 11.3 Å². The Hall–Kier alpha value is -1.40. The van der Waals surface area contributed by atoms with Gasteiger partial charge >= 0.3 is 0 Å². The summed E-state index contributed by atoms with van der Waals surface area (Å²) in [5.41, 5.74) is 1.21. The molecule has 0 aromatic carbocycles. The van der Waals surface area contributed by atoms with Crippen LogP contribution in [-0.4, -0.2) is 54.8 Å². The summed E-state index contributed by atoms with van der Waals surface area (Å²) in [6.07, 6.45) is 0.328. The maximum absolute atomic E-state index is 12.3. The van der Waals surface area contributed by atoms with E-state index in [1.807, 2.05) is 33.3 Å². The summed E-state index contributed by atoms with van der Waals surface area (Å²) in [5, 5.41) is 7.17. The molecule has 0 unspecified atom stereocenters. The number of hydrogen-bond acceptors (Lipinski definition) is 4. The minimum atomic E-state index is -0.222. The van der Waals surface area contributed by atoms with Crippen LogP contribution >= 0.6 is 11.3 Å². The molecule has 0 bridgehead atoms. The molecule has 5 nitrogen and oxygen atoms in total. The lowest BCUT2D eigenvalue weighted by molar-refractivity contribution is -0.130. The van der Waals surface area contributed by atoms with Crippen LogP contribution in [0.3, 0.4) is 0 Å². The molecule has 1 aromatic rings. The van der Waals surface area contributed by atoms with Crippen molar-refractivity contribution >= 4 is 23.2 Å². The van der Waals surface area contributed by atoms with E-state index in [-0.39, 0.29) is 29.8 Å². The van der Waals surface area contributed by atoms with Crippen LogP contribution in [0, 0.1) is 5.92 Å². The maximum atomic E-state index is 12.3. The summed E-state index contributed by atoms with van der Waals surface area (Å²) < 4.78 is 0. The number of likely N-dealkylation sites (N-methyl/N-ethyl adjacent to an activating group) is 1. The van der Waals surface area contributed by atoms with Crippen molar-refractivity contribution in [2.75, 3.05) is 27.2 Å². The first-order chi connectivity index (χ1) is 10.4. The number of nitrogens with zero attached hydrogens (tertiary/aromatic N) is 2. The van der Waals surface area contributed by atoms with Crippen LogP contribution in [-0.2, 0) is 9.59 Å². The van der Waals surface area contributed by atoms with Gasteiger partial charge in [-0.15, -0.1) is 0 Å².